The number of halogens is 3. The van der Waals surface area contributed by atoms with Gasteiger partial charge in [-0.2, -0.15) is 20.3 Å². The van der Waals surface area contributed by atoms with Crippen molar-refractivity contribution >= 4 is 60.6 Å². The number of aromatic nitrogens is 4. The van der Waals surface area contributed by atoms with E-state index in [9.17, 15) is 9.65 Å². The van der Waals surface area contributed by atoms with Crippen LogP contribution in [0, 0.1) is 28.9 Å². The lowest BCUT2D eigenvalue weighted by Crippen LogP contribution is -2.43. The number of thiophene rings is 1. The third-order valence-electron chi connectivity index (χ3n) is 9.85. The standard InChI is InChI=1S/C33H32ClF2N9OS/c1-17-12-33(6-2-8-44(33)14-17)16-46-32-40-28-20(31(41-32)43-7-3-9-45-18(15-43)10-24(38)42-45)11-22(34)26(27(28)36)19-4-5-23(35)29-25(19)21(13-37)30(39)47-29/h4-5,10-11,17H,2-3,6-9,12,14-16,39H2,1H3,(H2,38,42)/t17-,33+/m1/s1. The van der Waals surface area contributed by atoms with Crippen molar-refractivity contribution in [2.24, 2.45) is 5.92 Å². The molecule has 6 heterocycles. The van der Waals surface area contributed by atoms with Gasteiger partial charge in [0, 0.05) is 42.0 Å². The molecule has 3 aromatic heterocycles. The summed E-state index contributed by atoms with van der Waals surface area (Å²) in [6.45, 7) is 6.43. The Balaban J connectivity index is 1.30. The summed E-state index contributed by atoms with van der Waals surface area (Å²) in [6, 6.07) is 8.25. The molecule has 0 unspecified atom stereocenters. The fourth-order valence-electron chi connectivity index (χ4n) is 7.91. The van der Waals surface area contributed by atoms with Gasteiger partial charge in [-0.05, 0) is 55.8 Å². The third kappa shape index (κ3) is 4.84. The highest BCUT2D eigenvalue weighted by molar-refractivity contribution is 7.23. The molecule has 3 aliphatic rings. The van der Waals surface area contributed by atoms with Crippen LogP contribution in [0.15, 0.2) is 24.3 Å². The van der Waals surface area contributed by atoms with Crippen molar-refractivity contribution in [3.8, 4) is 23.2 Å². The minimum absolute atomic E-state index is 0.000891. The third-order valence-corrected chi connectivity index (χ3v) is 11.2. The first-order valence-corrected chi connectivity index (χ1v) is 16.9. The SMILES string of the molecule is C[C@H]1CN2CCC[C@@]2(COc2nc(N3CCCn4nc(N)cc4C3)c3cc(Cl)c(-c4ccc(F)c5sc(N)c(C#N)c45)c(F)c3n2)C1. The van der Waals surface area contributed by atoms with Crippen LogP contribution in [0.4, 0.5) is 25.4 Å². The Labute approximate surface area is 278 Å². The maximum atomic E-state index is 17.1. The first kappa shape index (κ1) is 30.1. The van der Waals surface area contributed by atoms with Crippen LogP contribution in [0.2, 0.25) is 5.02 Å². The van der Waals surface area contributed by atoms with Gasteiger partial charge < -0.3 is 21.1 Å². The van der Waals surface area contributed by atoms with Crippen LogP contribution in [0.25, 0.3) is 32.1 Å². The van der Waals surface area contributed by atoms with Crippen molar-refractivity contribution in [1.29, 1.82) is 5.26 Å². The lowest BCUT2D eigenvalue weighted by atomic mass is 9.92. The normalized spacial score (nSPS) is 21.3. The molecular weight excluding hydrogens is 644 g/mol. The second-order valence-electron chi connectivity index (χ2n) is 13.0. The maximum Gasteiger partial charge on any atom is 0.319 e. The van der Waals surface area contributed by atoms with Crippen LogP contribution in [-0.4, -0.2) is 56.4 Å². The monoisotopic (exact) mass is 675 g/mol. The zero-order valence-corrected chi connectivity index (χ0v) is 27.3. The molecule has 47 heavy (non-hydrogen) atoms. The Hall–Kier alpha value is -4.25. The molecule has 5 aromatic rings. The molecule has 2 saturated heterocycles. The summed E-state index contributed by atoms with van der Waals surface area (Å²) in [4.78, 5) is 14.1. The first-order valence-electron chi connectivity index (χ1n) is 15.7. The number of benzene rings is 2. The summed E-state index contributed by atoms with van der Waals surface area (Å²) >= 11 is 7.83. The molecule has 3 aliphatic heterocycles. The molecule has 0 bridgehead atoms. The van der Waals surface area contributed by atoms with E-state index in [0.717, 1.165) is 55.8 Å². The molecule has 0 aliphatic carbocycles. The van der Waals surface area contributed by atoms with Gasteiger partial charge in [0.2, 0.25) is 0 Å². The number of nitriles is 1. The first-order chi connectivity index (χ1) is 22.7. The van der Waals surface area contributed by atoms with E-state index >= 15 is 4.39 Å². The van der Waals surface area contributed by atoms with E-state index in [1.165, 1.54) is 12.1 Å². The second-order valence-corrected chi connectivity index (χ2v) is 14.4. The number of hydrogen-bond acceptors (Lipinski definition) is 10. The Bertz CT molecular complexity index is 2130. The quantitative estimate of drug-likeness (QED) is 0.219. The Kier molecular flexibility index (Phi) is 7.16. The number of aryl methyl sites for hydroxylation is 1. The molecule has 2 aromatic carbocycles. The molecule has 0 amide bonds. The second kappa shape index (κ2) is 11.2. The minimum atomic E-state index is -0.721. The predicted octanol–water partition coefficient (Wildman–Crippen LogP) is 6.34. The highest BCUT2D eigenvalue weighted by atomic mass is 35.5. The molecule has 10 nitrogen and oxygen atoms in total. The van der Waals surface area contributed by atoms with Gasteiger partial charge in [-0.15, -0.1) is 11.3 Å². The lowest BCUT2D eigenvalue weighted by molar-refractivity contribution is 0.107. The summed E-state index contributed by atoms with van der Waals surface area (Å²) in [6.07, 6.45) is 3.90. The molecule has 4 N–H and O–H groups in total. The van der Waals surface area contributed by atoms with Gasteiger partial charge in [0.05, 0.1) is 33.1 Å². The van der Waals surface area contributed by atoms with Crippen molar-refractivity contribution < 1.29 is 13.5 Å². The maximum absolute atomic E-state index is 17.1. The fraction of sp³-hybridized carbons (Fsp3) is 0.394. The van der Waals surface area contributed by atoms with Gasteiger partial charge in [0.15, 0.2) is 5.82 Å². The smallest absolute Gasteiger partial charge is 0.319 e. The van der Waals surface area contributed by atoms with Gasteiger partial charge in [-0.3, -0.25) is 9.58 Å². The molecule has 0 spiro atoms. The number of nitrogen functional groups attached to an aromatic ring is 2. The predicted molar refractivity (Wildman–Crippen MR) is 180 cm³/mol. The zero-order valence-electron chi connectivity index (χ0n) is 25.7. The molecule has 2 atom stereocenters. The largest absolute Gasteiger partial charge is 0.461 e. The number of anilines is 3. The number of rotatable bonds is 5. The van der Waals surface area contributed by atoms with Gasteiger partial charge in [0.25, 0.3) is 0 Å². The van der Waals surface area contributed by atoms with E-state index in [0.29, 0.717) is 49.2 Å². The van der Waals surface area contributed by atoms with E-state index in [2.05, 4.69) is 28.0 Å². The summed E-state index contributed by atoms with van der Waals surface area (Å²) in [5.74, 6) is 0.192. The molecule has 0 saturated carbocycles. The van der Waals surface area contributed by atoms with Crippen LogP contribution in [0.5, 0.6) is 6.01 Å². The van der Waals surface area contributed by atoms with Gasteiger partial charge in [0.1, 0.15) is 40.6 Å². The van der Waals surface area contributed by atoms with Crippen LogP contribution in [0.1, 0.15) is 43.9 Å². The van der Waals surface area contributed by atoms with Gasteiger partial charge in [-0.1, -0.05) is 24.6 Å². The number of ether oxygens (including phenoxy) is 1. The van der Waals surface area contributed by atoms with E-state index in [1.807, 2.05) is 15.6 Å². The summed E-state index contributed by atoms with van der Waals surface area (Å²) in [7, 11) is 0. The highest BCUT2D eigenvalue weighted by Gasteiger charge is 2.47. The number of hydrogen-bond donors (Lipinski definition) is 2. The van der Waals surface area contributed by atoms with Crippen molar-refractivity contribution in [3.63, 3.8) is 0 Å². The Morgan fingerprint density at radius 1 is 1.17 bits per heavy atom. The Morgan fingerprint density at radius 3 is 2.85 bits per heavy atom. The summed E-state index contributed by atoms with van der Waals surface area (Å²) in [5.41, 5.74) is 13.3. The van der Waals surface area contributed by atoms with Gasteiger partial charge >= 0.3 is 6.01 Å². The van der Waals surface area contributed by atoms with Crippen LogP contribution in [-0.2, 0) is 13.1 Å². The van der Waals surface area contributed by atoms with E-state index in [1.54, 1.807) is 6.07 Å². The summed E-state index contributed by atoms with van der Waals surface area (Å²) in [5, 5.41) is 15.1. The van der Waals surface area contributed by atoms with E-state index in [-0.39, 0.29) is 53.9 Å². The average molecular weight is 676 g/mol. The fourth-order valence-corrected chi connectivity index (χ4v) is 9.15. The summed E-state index contributed by atoms with van der Waals surface area (Å²) < 4.78 is 40.4. The van der Waals surface area contributed by atoms with Crippen LogP contribution >= 0.6 is 22.9 Å². The number of nitrogens with two attached hydrogens (primary N) is 2. The van der Waals surface area contributed by atoms with Gasteiger partial charge in [-0.25, -0.2) is 8.78 Å². The van der Waals surface area contributed by atoms with E-state index < -0.39 is 11.6 Å². The van der Waals surface area contributed by atoms with Crippen molar-refractivity contribution in [2.45, 2.75) is 51.2 Å². The topological polar surface area (TPSA) is 135 Å². The average Bonchev–Trinajstić information content (AvgIpc) is 3.74. The molecule has 242 valence electrons. The Morgan fingerprint density at radius 2 is 2.02 bits per heavy atom. The van der Waals surface area contributed by atoms with Crippen LogP contribution in [0.3, 0.4) is 0 Å². The zero-order chi connectivity index (χ0) is 32.6. The lowest BCUT2D eigenvalue weighted by Gasteiger charge is -2.31. The van der Waals surface area contributed by atoms with Crippen molar-refractivity contribution in [1.82, 2.24) is 24.6 Å². The van der Waals surface area contributed by atoms with Crippen molar-refractivity contribution in [2.75, 3.05) is 42.6 Å². The number of nitrogens with zero attached hydrogens (tertiary/aromatic N) is 7. The molecule has 8 rings (SSSR count). The van der Waals surface area contributed by atoms with Crippen molar-refractivity contribution in [3.05, 3.63) is 52.2 Å². The molecule has 14 heteroatoms. The minimum Gasteiger partial charge on any atom is -0.461 e. The molecule has 0 radical (unpaired) electrons. The van der Waals surface area contributed by atoms with E-state index in [4.69, 9.17) is 32.8 Å². The van der Waals surface area contributed by atoms with Crippen LogP contribution < -0.4 is 21.1 Å². The number of fused-ring (bicyclic) bond motifs is 4. The highest BCUT2D eigenvalue weighted by Crippen LogP contribution is 2.46. The molecule has 2 fully saturated rings. The molecular formula is C33H32ClF2N9OS.